The van der Waals surface area contributed by atoms with Crippen molar-refractivity contribution in [3.63, 3.8) is 0 Å². The maximum absolute atomic E-state index is 13.0. The quantitative estimate of drug-likeness (QED) is 0.763. The Morgan fingerprint density at radius 1 is 0.913 bits per heavy atom. The third-order valence-electron chi connectivity index (χ3n) is 4.51. The van der Waals surface area contributed by atoms with Gasteiger partial charge in [0.2, 0.25) is 0 Å². The molecule has 23 heavy (non-hydrogen) atoms. The molecule has 1 saturated carbocycles. The number of halogens is 1. The van der Waals surface area contributed by atoms with Crippen LogP contribution >= 0.6 is 0 Å². The molecule has 0 heterocycles. The molecule has 0 atom stereocenters. The smallest absolute Gasteiger partial charge is 0.251 e. The van der Waals surface area contributed by atoms with Crippen molar-refractivity contribution in [2.45, 2.75) is 18.4 Å². The average molecular weight is 305 g/mol. The number of carbonyl (C=O) groups excluding carboxylic acids is 1. The minimum atomic E-state index is -0.336. The highest BCUT2D eigenvalue weighted by Crippen LogP contribution is 2.48. The molecule has 0 saturated heterocycles. The van der Waals surface area contributed by atoms with Crippen LogP contribution in [0, 0.1) is 5.82 Å². The summed E-state index contributed by atoms with van der Waals surface area (Å²) in [7, 11) is 0. The molecule has 0 radical (unpaired) electrons. The van der Waals surface area contributed by atoms with Gasteiger partial charge in [-0.1, -0.05) is 42.5 Å². The SMILES string of the molecule is O=C(NC1(c2cccc3ccccc23)CC1)c1ccc(F)cc1. The molecule has 0 bridgehead atoms. The first-order valence-electron chi connectivity index (χ1n) is 7.74. The van der Waals surface area contributed by atoms with Crippen molar-refractivity contribution in [3.8, 4) is 0 Å². The van der Waals surface area contributed by atoms with Gasteiger partial charge in [-0.15, -0.1) is 0 Å². The van der Waals surface area contributed by atoms with Crippen molar-refractivity contribution in [2.75, 3.05) is 0 Å². The summed E-state index contributed by atoms with van der Waals surface area (Å²) in [5, 5.41) is 5.50. The van der Waals surface area contributed by atoms with E-state index in [0.29, 0.717) is 5.56 Å². The van der Waals surface area contributed by atoms with Gasteiger partial charge in [-0.3, -0.25) is 4.79 Å². The van der Waals surface area contributed by atoms with Crippen LogP contribution in [-0.4, -0.2) is 5.91 Å². The van der Waals surface area contributed by atoms with Crippen molar-refractivity contribution in [1.29, 1.82) is 0 Å². The van der Waals surface area contributed by atoms with Crippen LogP contribution in [0.1, 0.15) is 28.8 Å². The molecule has 114 valence electrons. The fourth-order valence-electron chi connectivity index (χ4n) is 3.12. The van der Waals surface area contributed by atoms with Crippen molar-refractivity contribution >= 4 is 16.7 Å². The molecule has 1 fully saturated rings. The maximum atomic E-state index is 13.0. The van der Waals surface area contributed by atoms with Gasteiger partial charge in [0.15, 0.2) is 0 Å². The van der Waals surface area contributed by atoms with Gasteiger partial charge in [-0.25, -0.2) is 4.39 Å². The van der Waals surface area contributed by atoms with Gasteiger partial charge in [0.05, 0.1) is 5.54 Å². The number of benzene rings is 3. The second kappa shape index (κ2) is 5.20. The molecule has 1 aliphatic rings. The van der Waals surface area contributed by atoms with Gasteiger partial charge in [0.1, 0.15) is 5.82 Å². The van der Waals surface area contributed by atoms with Gasteiger partial charge >= 0.3 is 0 Å². The molecule has 0 aliphatic heterocycles. The van der Waals surface area contributed by atoms with E-state index in [2.05, 4.69) is 29.6 Å². The second-order valence-electron chi connectivity index (χ2n) is 6.07. The first-order chi connectivity index (χ1) is 11.2. The lowest BCUT2D eigenvalue weighted by Crippen LogP contribution is -2.35. The van der Waals surface area contributed by atoms with Crippen molar-refractivity contribution in [3.05, 3.63) is 83.7 Å². The fourth-order valence-corrected chi connectivity index (χ4v) is 3.12. The molecular formula is C20H16FNO. The van der Waals surface area contributed by atoms with Crippen LogP contribution in [-0.2, 0) is 5.54 Å². The number of hydrogen-bond acceptors (Lipinski definition) is 1. The van der Waals surface area contributed by atoms with Crippen molar-refractivity contribution in [1.82, 2.24) is 5.32 Å². The lowest BCUT2D eigenvalue weighted by atomic mass is 9.96. The predicted octanol–water partition coefficient (Wildman–Crippen LogP) is 4.40. The Hall–Kier alpha value is -2.68. The minimum absolute atomic E-state index is 0.157. The molecule has 1 amide bonds. The molecule has 3 aromatic rings. The zero-order chi connectivity index (χ0) is 15.9. The minimum Gasteiger partial charge on any atom is -0.342 e. The molecule has 1 aliphatic carbocycles. The van der Waals surface area contributed by atoms with E-state index >= 15 is 0 Å². The van der Waals surface area contributed by atoms with Crippen LogP contribution in [0.4, 0.5) is 4.39 Å². The van der Waals surface area contributed by atoms with Crippen LogP contribution in [0.2, 0.25) is 0 Å². The number of amides is 1. The first kappa shape index (κ1) is 13.9. The lowest BCUT2D eigenvalue weighted by Gasteiger charge is -2.20. The molecule has 0 unspecified atom stereocenters. The molecule has 3 heteroatoms. The van der Waals surface area contributed by atoms with Gasteiger partial charge in [0.25, 0.3) is 5.91 Å². The van der Waals surface area contributed by atoms with Crippen LogP contribution in [0.5, 0.6) is 0 Å². The zero-order valence-electron chi connectivity index (χ0n) is 12.6. The van der Waals surface area contributed by atoms with Crippen LogP contribution in [0.3, 0.4) is 0 Å². The topological polar surface area (TPSA) is 29.1 Å². The summed E-state index contributed by atoms with van der Waals surface area (Å²) in [6, 6.07) is 20.1. The number of carbonyl (C=O) groups is 1. The van der Waals surface area contributed by atoms with E-state index in [4.69, 9.17) is 0 Å². The normalized spacial score (nSPS) is 15.3. The fraction of sp³-hybridized carbons (Fsp3) is 0.150. The van der Waals surface area contributed by atoms with E-state index in [-0.39, 0.29) is 17.3 Å². The van der Waals surface area contributed by atoms with Crippen molar-refractivity contribution < 1.29 is 9.18 Å². The zero-order valence-corrected chi connectivity index (χ0v) is 12.6. The third kappa shape index (κ3) is 2.48. The Morgan fingerprint density at radius 3 is 2.35 bits per heavy atom. The van der Waals surface area contributed by atoms with E-state index < -0.39 is 0 Å². The van der Waals surface area contributed by atoms with E-state index in [9.17, 15) is 9.18 Å². The van der Waals surface area contributed by atoms with Gasteiger partial charge in [-0.05, 0) is 53.4 Å². The second-order valence-corrected chi connectivity index (χ2v) is 6.07. The highest BCUT2D eigenvalue weighted by molar-refractivity contribution is 5.96. The van der Waals surface area contributed by atoms with E-state index in [0.717, 1.165) is 18.4 Å². The number of rotatable bonds is 3. The number of hydrogen-bond donors (Lipinski definition) is 1. The van der Waals surface area contributed by atoms with E-state index in [1.807, 2.05) is 18.2 Å². The average Bonchev–Trinajstić information content (AvgIpc) is 3.35. The largest absolute Gasteiger partial charge is 0.342 e. The molecule has 4 rings (SSSR count). The van der Waals surface area contributed by atoms with Crippen molar-refractivity contribution in [2.24, 2.45) is 0 Å². The third-order valence-corrected chi connectivity index (χ3v) is 4.51. The number of nitrogens with one attached hydrogen (secondary N) is 1. The molecular weight excluding hydrogens is 289 g/mol. The summed E-state index contributed by atoms with van der Waals surface area (Å²) in [6.07, 6.45) is 1.85. The van der Waals surface area contributed by atoms with Gasteiger partial charge in [-0.2, -0.15) is 0 Å². The molecule has 0 aromatic heterocycles. The first-order valence-corrected chi connectivity index (χ1v) is 7.74. The van der Waals surface area contributed by atoms with Gasteiger partial charge in [0, 0.05) is 5.56 Å². The van der Waals surface area contributed by atoms with Crippen LogP contribution < -0.4 is 5.32 Å². The summed E-state index contributed by atoms with van der Waals surface area (Å²) in [5.41, 5.74) is 1.34. The van der Waals surface area contributed by atoms with E-state index in [1.54, 1.807) is 0 Å². The number of fused-ring (bicyclic) bond motifs is 1. The molecule has 2 nitrogen and oxygen atoms in total. The molecule has 1 N–H and O–H groups in total. The summed E-state index contributed by atoms with van der Waals surface area (Å²) < 4.78 is 13.0. The Labute approximate surface area is 134 Å². The standard InChI is InChI=1S/C20H16FNO/c21-16-10-8-15(9-11-16)19(23)22-20(12-13-20)18-7-3-5-14-4-1-2-6-17(14)18/h1-11H,12-13H2,(H,22,23). The Bertz CT molecular complexity index is 876. The molecule has 3 aromatic carbocycles. The summed E-state index contributed by atoms with van der Waals surface area (Å²) >= 11 is 0. The van der Waals surface area contributed by atoms with Crippen LogP contribution in [0.15, 0.2) is 66.7 Å². The summed E-state index contributed by atoms with van der Waals surface area (Å²) in [6.45, 7) is 0. The molecule has 0 spiro atoms. The maximum Gasteiger partial charge on any atom is 0.251 e. The highest BCUT2D eigenvalue weighted by Gasteiger charge is 2.46. The van der Waals surface area contributed by atoms with Crippen LogP contribution in [0.25, 0.3) is 10.8 Å². The monoisotopic (exact) mass is 305 g/mol. The Balaban J connectivity index is 1.68. The Morgan fingerprint density at radius 2 is 1.61 bits per heavy atom. The summed E-state index contributed by atoms with van der Waals surface area (Å²) in [4.78, 5) is 12.5. The van der Waals surface area contributed by atoms with Gasteiger partial charge < -0.3 is 5.32 Å². The highest BCUT2D eigenvalue weighted by atomic mass is 19.1. The predicted molar refractivity (Wildman–Crippen MR) is 88.7 cm³/mol. The lowest BCUT2D eigenvalue weighted by molar-refractivity contribution is 0.0931. The van der Waals surface area contributed by atoms with E-state index in [1.165, 1.54) is 35.0 Å². The summed E-state index contributed by atoms with van der Waals surface area (Å²) in [5.74, 6) is -0.493. The Kier molecular flexibility index (Phi) is 3.15.